The molecule has 2 N–H and O–H groups in total. The summed E-state index contributed by atoms with van der Waals surface area (Å²) < 4.78 is 3.16. The van der Waals surface area contributed by atoms with Crippen molar-refractivity contribution in [3.8, 4) is 0 Å². The molecule has 2 amide bonds. The van der Waals surface area contributed by atoms with Gasteiger partial charge in [-0.1, -0.05) is 51.8 Å². The predicted molar refractivity (Wildman–Crippen MR) is 132 cm³/mol. The van der Waals surface area contributed by atoms with E-state index in [9.17, 15) is 14.4 Å². The maximum Gasteiger partial charge on any atom is 0.290 e. The summed E-state index contributed by atoms with van der Waals surface area (Å²) in [7, 11) is 0. The van der Waals surface area contributed by atoms with Gasteiger partial charge in [-0.3, -0.25) is 29.9 Å². The van der Waals surface area contributed by atoms with Crippen molar-refractivity contribution in [2.45, 2.75) is 78.8 Å². The number of amides is 2. The Kier molecular flexibility index (Phi) is 7.54. The Morgan fingerprint density at radius 2 is 1.65 bits per heavy atom. The highest BCUT2D eigenvalue weighted by atomic mass is 16.2. The van der Waals surface area contributed by atoms with Crippen molar-refractivity contribution >= 4 is 22.6 Å². The second kappa shape index (κ2) is 10.2. The van der Waals surface area contributed by atoms with Crippen LogP contribution in [0, 0.1) is 0 Å². The third-order valence-electron chi connectivity index (χ3n) is 5.54. The molecule has 9 heteroatoms. The first kappa shape index (κ1) is 25.1. The van der Waals surface area contributed by atoms with Gasteiger partial charge in [-0.25, -0.2) is 4.68 Å². The molecule has 0 aliphatic rings. The SMILES string of the molecule is CCCCCn1nc(C(=O)NNC(=O)c2cc(C(C)C)n(C(C)(C)C)n2)c2ccccc2c1=O. The first-order valence-corrected chi connectivity index (χ1v) is 11.8. The van der Waals surface area contributed by atoms with E-state index in [1.807, 2.05) is 39.3 Å². The van der Waals surface area contributed by atoms with Crippen LogP contribution in [0.2, 0.25) is 0 Å². The lowest BCUT2D eigenvalue weighted by molar-refractivity contribution is 0.0840. The monoisotopic (exact) mass is 466 g/mol. The number of carbonyl (C=O) groups is 2. The van der Waals surface area contributed by atoms with Crippen LogP contribution in [0.1, 0.15) is 93.4 Å². The minimum absolute atomic E-state index is 0.0788. The van der Waals surface area contributed by atoms with E-state index in [2.05, 4.69) is 28.0 Å². The van der Waals surface area contributed by atoms with Gasteiger partial charge in [0.05, 0.1) is 10.9 Å². The molecule has 0 spiro atoms. The zero-order chi connectivity index (χ0) is 25.0. The second-order valence-electron chi connectivity index (χ2n) is 9.73. The average molecular weight is 467 g/mol. The summed E-state index contributed by atoms with van der Waals surface area (Å²) >= 11 is 0. The molecule has 0 unspecified atom stereocenters. The van der Waals surface area contributed by atoms with Gasteiger partial charge in [-0.2, -0.15) is 10.2 Å². The Labute approximate surface area is 199 Å². The second-order valence-corrected chi connectivity index (χ2v) is 9.73. The highest BCUT2D eigenvalue weighted by Gasteiger charge is 2.24. The number of aryl methyl sites for hydroxylation is 1. The summed E-state index contributed by atoms with van der Waals surface area (Å²) in [5.41, 5.74) is 5.56. The molecule has 3 rings (SSSR count). The van der Waals surface area contributed by atoms with Crippen LogP contribution in [0.15, 0.2) is 35.1 Å². The maximum atomic E-state index is 13.0. The van der Waals surface area contributed by atoms with Crippen LogP contribution >= 0.6 is 0 Å². The lowest BCUT2D eigenvalue weighted by Crippen LogP contribution is -2.43. The topological polar surface area (TPSA) is 111 Å². The largest absolute Gasteiger partial charge is 0.290 e. The number of carbonyl (C=O) groups excluding carboxylic acids is 2. The third-order valence-corrected chi connectivity index (χ3v) is 5.54. The molecule has 0 saturated carbocycles. The predicted octanol–water partition coefficient (Wildman–Crippen LogP) is 3.74. The number of hydrogen-bond acceptors (Lipinski definition) is 5. The molecule has 1 aromatic carbocycles. The molecule has 3 aromatic rings. The fraction of sp³-hybridized carbons (Fsp3) is 0.480. The van der Waals surface area contributed by atoms with Gasteiger partial charge < -0.3 is 0 Å². The molecule has 0 aliphatic carbocycles. The van der Waals surface area contributed by atoms with Crippen LogP contribution in [0.25, 0.3) is 10.8 Å². The van der Waals surface area contributed by atoms with E-state index < -0.39 is 11.8 Å². The lowest BCUT2D eigenvalue weighted by atomic mass is 10.1. The molecule has 9 nitrogen and oxygen atoms in total. The molecule has 34 heavy (non-hydrogen) atoms. The molecule has 0 aliphatic heterocycles. The van der Waals surface area contributed by atoms with Crippen LogP contribution in [-0.2, 0) is 12.1 Å². The van der Waals surface area contributed by atoms with Crippen LogP contribution in [0.5, 0.6) is 0 Å². The molecular formula is C25H34N6O3. The van der Waals surface area contributed by atoms with E-state index in [0.29, 0.717) is 17.3 Å². The number of hydrazine groups is 1. The molecule has 0 atom stereocenters. The molecule has 182 valence electrons. The standard InChI is InChI=1S/C25H34N6O3/c1-7-8-11-14-30-24(34)18-13-10-9-12-17(18)21(29-30)23(33)27-26-22(32)19-15-20(16(2)3)31(28-19)25(4,5)6/h9-10,12-13,15-16H,7-8,11,14H2,1-6H3,(H,26,32)(H,27,33). The van der Waals surface area contributed by atoms with E-state index >= 15 is 0 Å². The van der Waals surface area contributed by atoms with E-state index in [1.165, 1.54) is 4.68 Å². The highest BCUT2D eigenvalue weighted by Crippen LogP contribution is 2.23. The van der Waals surface area contributed by atoms with E-state index in [4.69, 9.17) is 0 Å². The average Bonchev–Trinajstić information content (AvgIpc) is 3.26. The summed E-state index contributed by atoms with van der Waals surface area (Å²) in [5.74, 6) is -0.959. The van der Waals surface area contributed by atoms with Crippen molar-refractivity contribution in [2.24, 2.45) is 0 Å². The smallest absolute Gasteiger partial charge is 0.267 e. The quantitative estimate of drug-likeness (QED) is 0.407. The van der Waals surface area contributed by atoms with Gasteiger partial charge in [-0.05, 0) is 45.2 Å². The van der Waals surface area contributed by atoms with Crippen molar-refractivity contribution in [3.05, 3.63) is 57.8 Å². The molecule has 0 fully saturated rings. The van der Waals surface area contributed by atoms with Gasteiger partial charge >= 0.3 is 0 Å². The number of nitrogens with one attached hydrogen (secondary N) is 2. The van der Waals surface area contributed by atoms with Gasteiger partial charge in [0.1, 0.15) is 0 Å². The highest BCUT2D eigenvalue weighted by molar-refractivity contribution is 6.05. The van der Waals surface area contributed by atoms with Crippen LogP contribution in [0.4, 0.5) is 0 Å². The van der Waals surface area contributed by atoms with Crippen molar-refractivity contribution < 1.29 is 9.59 Å². The van der Waals surface area contributed by atoms with E-state index in [-0.39, 0.29) is 28.4 Å². The third kappa shape index (κ3) is 5.35. The Bertz CT molecular complexity index is 1250. The van der Waals surface area contributed by atoms with Crippen molar-refractivity contribution in [1.29, 1.82) is 0 Å². The molecule has 0 bridgehead atoms. The minimum atomic E-state index is -0.604. The fourth-order valence-electron chi connectivity index (χ4n) is 3.76. The summed E-state index contributed by atoms with van der Waals surface area (Å²) in [6.45, 7) is 12.6. The summed E-state index contributed by atoms with van der Waals surface area (Å²) in [5, 5.41) is 9.63. The lowest BCUT2D eigenvalue weighted by Gasteiger charge is -2.23. The Morgan fingerprint density at radius 3 is 2.24 bits per heavy atom. The Balaban J connectivity index is 1.85. The number of aromatic nitrogens is 4. The van der Waals surface area contributed by atoms with Crippen LogP contribution in [-0.4, -0.2) is 31.4 Å². The normalized spacial score (nSPS) is 11.7. The summed E-state index contributed by atoms with van der Waals surface area (Å²) in [6.07, 6.45) is 2.75. The number of fused-ring (bicyclic) bond motifs is 1. The molecule has 2 aromatic heterocycles. The zero-order valence-corrected chi connectivity index (χ0v) is 20.8. The van der Waals surface area contributed by atoms with Crippen LogP contribution < -0.4 is 16.4 Å². The fourth-order valence-corrected chi connectivity index (χ4v) is 3.76. The molecule has 0 saturated heterocycles. The van der Waals surface area contributed by atoms with Gasteiger partial charge in [-0.15, -0.1) is 0 Å². The molecule has 2 heterocycles. The maximum absolute atomic E-state index is 13.0. The molecule has 0 radical (unpaired) electrons. The number of rotatable bonds is 7. The van der Waals surface area contributed by atoms with Gasteiger partial charge in [0, 0.05) is 17.6 Å². The number of nitrogens with zero attached hydrogens (tertiary/aromatic N) is 4. The van der Waals surface area contributed by atoms with Crippen LogP contribution in [0.3, 0.4) is 0 Å². The summed E-state index contributed by atoms with van der Waals surface area (Å²) in [6, 6.07) is 8.58. The van der Waals surface area contributed by atoms with Crippen molar-refractivity contribution in [2.75, 3.05) is 0 Å². The number of unbranched alkanes of at least 4 members (excludes halogenated alkanes) is 2. The van der Waals surface area contributed by atoms with E-state index in [0.717, 1.165) is 25.0 Å². The van der Waals surface area contributed by atoms with E-state index in [1.54, 1.807) is 30.3 Å². The summed E-state index contributed by atoms with van der Waals surface area (Å²) in [4.78, 5) is 38.6. The zero-order valence-electron chi connectivity index (χ0n) is 20.8. The van der Waals surface area contributed by atoms with Crippen molar-refractivity contribution in [3.63, 3.8) is 0 Å². The number of hydrogen-bond donors (Lipinski definition) is 2. The molecular weight excluding hydrogens is 432 g/mol. The van der Waals surface area contributed by atoms with Gasteiger partial charge in [0.15, 0.2) is 11.4 Å². The number of benzene rings is 1. The van der Waals surface area contributed by atoms with Gasteiger partial charge in [0.2, 0.25) is 0 Å². The Hall–Kier alpha value is -3.49. The Morgan fingerprint density at radius 1 is 1.00 bits per heavy atom. The van der Waals surface area contributed by atoms with Crippen molar-refractivity contribution in [1.82, 2.24) is 30.4 Å². The van der Waals surface area contributed by atoms with Gasteiger partial charge in [0.25, 0.3) is 17.4 Å². The first-order chi connectivity index (χ1) is 16.0. The first-order valence-electron chi connectivity index (χ1n) is 11.8. The minimum Gasteiger partial charge on any atom is -0.267 e.